The molecule has 0 bridgehead atoms. The second-order valence-electron chi connectivity index (χ2n) is 5.06. The summed E-state index contributed by atoms with van der Waals surface area (Å²) < 4.78 is 0. The molecule has 0 radical (unpaired) electrons. The van der Waals surface area contributed by atoms with Crippen LogP contribution in [0.3, 0.4) is 0 Å². The standard InChI is InChI=1S/C15H20N2O3/c1-2-12(14(18)19)16-15(20)17-13-9-5-7-10-6-3-4-8-11(10)13/h3-4,6,8,12-13H,2,5,7,9H2,1H3,(H,18,19)(H2,16,17,20)/t12-,13?/m1/s1. The summed E-state index contributed by atoms with van der Waals surface area (Å²) in [4.78, 5) is 22.8. The van der Waals surface area contributed by atoms with Gasteiger partial charge in [0, 0.05) is 0 Å². The quantitative estimate of drug-likeness (QED) is 0.789. The van der Waals surface area contributed by atoms with Crippen molar-refractivity contribution in [3.05, 3.63) is 35.4 Å². The van der Waals surface area contributed by atoms with Gasteiger partial charge >= 0.3 is 12.0 Å². The minimum atomic E-state index is -1.01. The minimum absolute atomic E-state index is 0.0359. The number of urea groups is 1. The van der Waals surface area contributed by atoms with Crippen molar-refractivity contribution in [2.45, 2.75) is 44.7 Å². The van der Waals surface area contributed by atoms with Crippen molar-refractivity contribution in [3.8, 4) is 0 Å². The number of carboxylic acid groups (broad SMARTS) is 1. The zero-order valence-electron chi connectivity index (χ0n) is 11.6. The number of aryl methyl sites for hydroxylation is 1. The summed E-state index contributed by atoms with van der Waals surface area (Å²) >= 11 is 0. The van der Waals surface area contributed by atoms with Gasteiger partial charge in [0.2, 0.25) is 0 Å². The Balaban J connectivity index is 2.01. The minimum Gasteiger partial charge on any atom is -0.480 e. The van der Waals surface area contributed by atoms with E-state index in [0.717, 1.165) is 24.8 Å². The van der Waals surface area contributed by atoms with Crippen molar-refractivity contribution in [1.29, 1.82) is 0 Å². The van der Waals surface area contributed by atoms with E-state index in [9.17, 15) is 9.59 Å². The molecule has 0 aromatic heterocycles. The summed E-state index contributed by atoms with van der Waals surface area (Å²) in [6.45, 7) is 1.73. The van der Waals surface area contributed by atoms with Crippen molar-refractivity contribution >= 4 is 12.0 Å². The predicted molar refractivity (Wildman–Crippen MR) is 75.5 cm³/mol. The van der Waals surface area contributed by atoms with E-state index in [1.807, 2.05) is 18.2 Å². The van der Waals surface area contributed by atoms with Crippen LogP contribution in [0.25, 0.3) is 0 Å². The van der Waals surface area contributed by atoms with Gasteiger partial charge in [0.15, 0.2) is 0 Å². The normalized spacial score (nSPS) is 18.8. The first kappa shape index (κ1) is 14.4. The SMILES string of the molecule is CC[C@@H](NC(=O)NC1CCCc2ccccc21)C(=O)O. The number of rotatable bonds is 4. The molecule has 1 aromatic carbocycles. The topological polar surface area (TPSA) is 78.4 Å². The lowest BCUT2D eigenvalue weighted by atomic mass is 9.88. The van der Waals surface area contributed by atoms with Gasteiger partial charge in [-0.3, -0.25) is 0 Å². The van der Waals surface area contributed by atoms with Crippen LogP contribution in [0.4, 0.5) is 4.79 Å². The third kappa shape index (κ3) is 3.29. The molecule has 1 aromatic rings. The monoisotopic (exact) mass is 276 g/mol. The molecule has 5 heteroatoms. The number of nitrogens with one attached hydrogen (secondary N) is 2. The van der Waals surface area contributed by atoms with Crippen LogP contribution in [-0.2, 0) is 11.2 Å². The maximum absolute atomic E-state index is 11.9. The van der Waals surface area contributed by atoms with Crippen molar-refractivity contribution in [3.63, 3.8) is 0 Å². The average Bonchev–Trinajstić information content (AvgIpc) is 2.45. The molecule has 1 aliphatic carbocycles. The predicted octanol–water partition coefficient (Wildman–Crippen LogP) is 2.23. The van der Waals surface area contributed by atoms with Crippen LogP contribution in [-0.4, -0.2) is 23.1 Å². The summed E-state index contributed by atoms with van der Waals surface area (Å²) in [5.74, 6) is -1.01. The summed E-state index contributed by atoms with van der Waals surface area (Å²) in [5.41, 5.74) is 2.39. The van der Waals surface area contributed by atoms with E-state index >= 15 is 0 Å². The number of amides is 2. The molecule has 3 N–H and O–H groups in total. The van der Waals surface area contributed by atoms with Crippen LogP contribution >= 0.6 is 0 Å². The number of hydrogen-bond donors (Lipinski definition) is 3. The Labute approximate surface area is 118 Å². The summed E-state index contributed by atoms with van der Waals surface area (Å²) in [7, 11) is 0. The molecule has 2 rings (SSSR count). The van der Waals surface area contributed by atoms with Crippen LogP contribution in [0.5, 0.6) is 0 Å². The molecule has 0 spiro atoms. The van der Waals surface area contributed by atoms with Gasteiger partial charge in [0.1, 0.15) is 6.04 Å². The molecule has 2 amide bonds. The number of carboxylic acids is 1. The number of hydrogen-bond acceptors (Lipinski definition) is 2. The summed E-state index contributed by atoms with van der Waals surface area (Å²) in [6, 6.07) is 6.77. The number of aliphatic carboxylic acids is 1. The first-order valence-corrected chi connectivity index (χ1v) is 6.99. The van der Waals surface area contributed by atoms with Crippen molar-refractivity contribution in [2.75, 3.05) is 0 Å². The molecule has 2 atom stereocenters. The van der Waals surface area contributed by atoms with Gasteiger partial charge < -0.3 is 15.7 Å². The molecular formula is C15H20N2O3. The van der Waals surface area contributed by atoms with Gasteiger partial charge in [-0.05, 0) is 36.8 Å². The first-order chi connectivity index (χ1) is 9.61. The fourth-order valence-electron chi connectivity index (χ4n) is 2.60. The van der Waals surface area contributed by atoms with Crippen LogP contribution in [0.1, 0.15) is 43.4 Å². The summed E-state index contributed by atoms with van der Waals surface area (Å²) in [6.07, 6.45) is 3.30. The zero-order chi connectivity index (χ0) is 14.5. The van der Waals surface area contributed by atoms with E-state index < -0.39 is 18.0 Å². The van der Waals surface area contributed by atoms with Crippen LogP contribution < -0.4 is 10.6 Å². The van der Waals surface area contributed by atoms with Gasteiger partial charge in [-0.2, -0.15) is 0 Å². The van der Waals surface area contributed by atoms with Crippen LogP contribution in [0.2, 0.25) is 0 Å². The number of fused-ring (bicyclic) bond motifs is 1. The number of carbonyl (C=O) groups excluding carboxylic acids is 1. The second kappa shape index (κ2) is 6.41. The average molecular weight is 276 g/mol. The van der Waals surface area contributed by atoms with Gasteiger partial charge in [-0.25, -0.2) is 9.59 Å². The van der Waals surface area contributed by atoms with E-state index in [1.54, 1.807) is 6.92 Å². The van der Waals surface area contributed by atoms with Crippen LogP contribution in [0.15, 0.2) is 24.3 Å². The third-order valence-electron chi connectivity index (χ3n) is 3.69. The highest BCUT2D eigenvalue weighted by Crippen LogP contribution is 2.29. The molecular weight excluding hydrogens is 256 g/mol. The molecule has 0 saturated heterocycles. The molecule has 0 saturated carbocycles. The van der Waals surface area contributed by atoms with Gasteiger partial charge in [-0.1, -0.05) is 31.2 Å². The molecule has 108 valence electrons. The highest BCUT2D eigenvalue weighted by Gasteiger charge is 2.23. The van der Waals surface area contributed by atoms with E-state index in [1.165, 1.54) is 5.56 Å². The number of benzene rings is 1. The highest BCUT2D eigenvalue weighted by atomic mass is 16.4. The third-order valence-corrected chi connectivity index (χ3v) is 3.69. The van der Waals surface area contributed by atoms with E-state index in [0.29, 0.717) is 6.42 Å². The Bertz CT molecular complexity index is 502. The van der Waals surface area contributed by atoms with Gasteiger partial charge in [-0.15, -0.1) is 0 Å². The van der Waals surface area contributed by atoms with Gasteiger partial charge in [0.25, 0.3) is 0 Å². The lowest BCUT2D eigenvalue weighted by Gasteiger charge is -2.27. The van der Waals surface area contributed by atoms with Crippen LogP contribution in [0, 0.1) is 0 Å². The summed E-state index contributed by atoms with van der Waals surface area (Å²) in [5, 5.41) is 14.3. The van der Waals surface area contributed by atoms with E-state index in [4.69, 9.17) is 5.11 Å². The number of carbonyl (C=O) groups is 2. The van der Waals surface area contributed by atoms with Crippen molar-refractivity contribution in [1.82, 2.24) is 10.6 Å². The molecule has 20 heavy (non-hydrogen) atoms. The van der Waals surface area contributed by atoms with Gasteiger partial charge in [0.05, 0.1) is 6.04 Å². The van der Waals surface area contributed by atoms with E-state index in [2.05, 4.69) is 16.7 Å². The Morgan fingerprint density at radius 1 is 1.40 bits per heavy atom. The fraction of sp³-hybridized carbons (Fsp3) is 0.467. The maximum atomic E-state index is 11.9. The molecule has 0 fully saturated rings. The first-order valence-electron chi connectivity index (χ1n) is 6.99. The Hall–Kier alpha value is -2.04. The lowest BCUT2D eigenvalue weighted by molar-refractivity contribution is -0.139. The fourth-order valence-corrected chi connectivity index (χ4v) is 2.60. The van der Waals surface area contributed by atoms with Crippen molar-refractivity contribution in [2.24, 2.45) is 0 Å². The Kier molecular flexibility index (Phi) is 4.61. The smallest absolute Gasteiger partial charge is 0.326 e. The Morgan fingerprint density at radius 2 is 2.15 bits per heavy atom. The van der Waals surface area contributed by atoms with Crippen molar-refractivity contribution < 1.29 is 14.7 Å². The zero-order valence-corrected chi connectivity index (χ0v) is 11.6. The Morgan fingerprint density at radius 3 is 2.85 bits per heavy atom. The molecule has 0 heterocycles. The highest BCUT2D eigenvalue weighted by molar-refractivity contribution is 5.82. The molecule has 1 unspecified atom stereocenters. The maximum Gasteiger partial charge on any atom is 0.326 e. The molecule has 1 aliphatic rings. The largest absolute Gasteiger partial charge is 0.480 e. The lowest BCUT2D eigenvalue weighted by Crippen LogP contribution is -2.47. The molecule has 5 nitrogen and oxygen atoms in total. The second-order valence-corrected chi connectivity index (χ2v) is 5.06. The van der Waals surface area contributed by atoms with E-state index in [-0.39, 0.29) is 6.04 Å². The molecule has 0 aliphatic heterocycles.